The Balaban J connectivity index is 2.13. The summed E-state index contributed by atoms with van der Waals surface area (Å²) in [6.45, 7) is 0. The van der Waals surface area contributed by atoms with E-state index >= 15 is 0 Å². The number of fused-ring (bicyclic) bond motifs is 1. The minimum absolute atomic E-state index is 0.0392. The van der Waals surface area contributed by atoms with E-state index in [1.54, 1.807) is 0 Å². The highest BCUT2D eigenvalue weighted by atomic mass is 35.5. The summed E-state index contributed by atoms with van der Waals surface area (Å²) in [7, 11) is 0. The molecule has 2 aromatic heterocycles. The fourth-order valence-electron chi connectivity index (χ4n) is 2.75. The first-order valence-corrected chi connectivity index (χ1v) is 8.70. The molecule has 2 aromatic carbocycles. The van der Waals surface area contributed by atoms with Crippen LogP contribution in [0, 0.1) is 11.3 Å². The first-order chi connectivity index (χ1) is 12.2. The van der Waals surface area contributed by atoms with E-state index in [0.717, 1.165) is 16.8 Å². The van der Waals surface area contributed by atoms with Crippen LogP contribution in [0.3, 0.4) is 0 Å². The summed E-state index contributed by atoms with van der Waals surface area (Å²) in [5.74, 6) is 0. The third kappa shape index (κ3) is 2.62. The smallest absolute Gasteiger partial charge is 0.283 e. The van der Waals surface area contributed by atoms with Crippen molar-refractivity contribution in [2.45, 2.75) is 0 Å². The number of benzene rings is 2. The topological polar surface area (TPSA) is 58.2 Å². The monoisotopic (exact) mass is 363 g/mol. The van der Waals surface area contributed by atoms with Crippen LogP contribution in [0.4, 0.5) is 0 Å². The van der Waals surface area contributed by atoms with Crippen LogP contribution in [0.1, 0.15) is 5.56 Å². The molecule has 0 saturated carbocycles. The highest BCUT2D eigenvalue weighted by Crippen LogP contribution is 2.32. The van der Waals surface area contributed by atoms with Crippen molar-refractivity contribution in [3.05, 3.63) is 80.9 Å². The van der Waals surface area contributed by atoms with Crippen molar-refractivity contribution in [2.75, 3.05) is 0 Å². The fraction of sp³-hybridized carbons (Fsp3) is 0. The van der Waals surface area contributed by atoms with Crippen LogP contribution in [0.5, 0.6) is 0 Å². The minimum atomic E-state index is -0.508. The van der Waals surface area contributed by atoms with E-state index in [9.17, 15) is 10.1 Å². The summed E-state index contributed by atoms with van der Waals surface area (Å²) < 4.78 is 1.86. The summed E-state index contributed by atoms with van der Waals surface area (Å²) in [6.07, 6.45) is 0. The molecule has 0 atom stereocenters. The van der Waals surface area contributed by atoms with Gasteiger partial charge in [-0.15, -0.1) is 11.3 Å². The minimum Gasteiger partial charge on any atom is -0.283 e. The predicted molar refractivity (Wildman–Crippen MR) is 99.9 cm³/mol. The van der Waals surface area contributed by atoms with Gasteiger partial charge >= 0.3 is 0 Å². The van der Waals surface area contributed by atoms with Crippen LogP contribution >= 0.6 is 22.9 Å². The standard InChI is InChI=1S/C19H10ClN3OS/c20-14-8-6-12(7-9-14)16-11-25-19-22-18(24)15(10-21)17(23(16)19)13-4-2-1-3-5-13/h1-9,11H. The number of nitriles is 1. The second-order valence-corrected chi connectivity index (χ2v) is 6.64. The molecule has 0 aliphatic rings. The number of aromatic nitrogens is 2. The molecule has 0 aliphatic heterocycles. The fourth-order valence-corrected chi connectivity index (χ4v) is 3.77. The summed E-state index contributed by atoms with van der Waals surface area (Å²) in [5, 5.41) is 12.1. The molecule has 2 heterocycles. The zero-order chi connectivity index (χ0) is 17.4. The maximum Gasteiger partial charge on any atom is 0.292 e. The van der Waals surface area contributed by atoms with Crippen molar-refractivity contribution in [3.63, 3.8) is 0 Å². The average molecular weight is 364 g/mol. The third-order valence-electron chi connectivity index (χ3n) is 3.88. The van der Waals surface area contributed by atoms with E-state index in [2.05, 4.69) is 4.98 Å². The number of rotatable bonds is 2. The summed E-state index contributed by atoms with van der Waals surface area (Å²) in [5.41, 5.74) is 2.68. The lowest BCUT2D eigenvalue weighted by atomic mass is 10.1. The van der Waals surface area contributed by atoms with Gasteiger partial charge in [-0.3, -0.25) is 9.20 Å². The van der Waals surface area contributed by atoms with E-state index in [0.29, 0.717) is 15.7 Å². The van der Waals surface area contributed by atoms with E-state index < -0.39 is 5.56 Å². The van der Waals surface area contributed by atoms with Crippen LogP contribution in [0.2, 0.25) is 5.02 Å². The Kier molecular flexibility index (Phi) is 3.85. The van der Waals surface area contributed by atoms with Crippen LogP contribution in [-0.2, 0) is 0 Å². The molecule has 0 radical (unpaired) electrons. The molecule has 0 aliphatic carbocycles. The average Bonchev–Trinajstić information content (AvgIpc) is 3.05. The Morgan fingerprint density at radius 1 is 1.04 bits per heavy atom. The zero-order valence-electron chi connectivity index (χ0n) is 12.8. The third-order valence-corrected chi connectivity index (χ3v) is 4.96. The van der Waals surface area contributed by atoms with Crippen LogP contribution in [0.15, 0.2) is 64.8 Å². The first-order valence-electron chi connectivity index (χ1n) is 7.45. The van der Waals surface area contributed by atoms with Gasteiger partial charge in [-0.25, -0.2) is 0 Å². The van der Waals surface area contributed by atoms with E-state index in [-0.39, 0.29) is 5.56 Å². The highest BCUT2D eigenvalue weighted by molar-refractivity contribution is 7.15. The Hall–Kier alpha value is -2.94. The molecule has 0 N–H and O–H groups in total. The van der Waals surface area contributed by atoms with Crippen molar-refractivity contribution < 1.29 is 0 Å². The lowest BCUT2D eigenvalue weighted by Gasteiger charge is -2.10. The summed E-state index contributed by atoms with van der Waals surface area (Å²) in [6, 6.07) is 18.9. The number of nitrogens with zero attached hydrogens (tertiary/aromatic N) is 3. The number of halogens is 1. The van der Waals surface area contributed by atoms with Gasteiger partial charge in [0.1, 0.15) is 11.6 Å². The normalized spacial score (nSPS) is 10.7. The van der Waals surface area contributed by atoms with Crippen LogP contribution < -0.4 is 5.56 Å². The molecule has 4 nitrogen and oxygen atoms in total. The van der Waals surface area contributed by atoms with Gasteiger partial charge in [0.2, 0.25) is 0 Å². The van der Waals surface area contributed by atoms with Crippen molar-refractivity contribution in [2.24, 2.45) is 0 Å². The Morgan fingerprint density at radius 3 is 2.44 bits per heavy atom. The van der Waals surface area contributed by atoms with Crippen molar-refractivity contribution in [1.82, 2.24) is 9.38 Å². The van der Waals surface area contributed by atoms with Crippen LogP contribution in [0.25, 0.3) is 27.5 Å². The quantitative estimate of drug-likeness (QED) is 0.522. The zero-order valence-corrected chi connectivity index (χ0v) is 14.4. The Bertz CT molecular complexity index is 1170. The second-order valence-electron chi connectivity index (χ2n) is 5.36. The second kappa shape index (κ2) is 6.17. The van der Waals surface area contributed by atoms with Gasteiger partial charge in [0.25, 0.3) is 5.56 Å². The molecule has 0 spiro atoms. The molecule has 0 saturated heterocycles. The SMILES string of the molecule is N#Cc1c(-c2ccccc2)n2c(-c3ccc(Cl)cc3)csc2nc1=O. The van der Waals surface area contributed by atoms with Gasteiger partial charge in [0.05, 0.1) is 11.4 Å². The molecule has 0 fully saturated rings. The van der Waals surface area contributed by atoms with Gasteiger partial charge in [-0.05, 0) is 17.7 Å². The summed E-state index contributed by atoms with van der Waals surface area (Å²) in [4.78, 5) is 16.9. The van der Waals surface area contributed by atoms with E-state index in [1.807, 2.05) is 70.4 Å². The lowest BCUT2D eigenvalue weighted by molar-refractivity contribution is 1.10. The molecule has 25 heavy (non-hydrogen) atoms. The largest absolute Gasteiger partial charge is 0.292 e. The van der Waals surface area contributed by atoms with Gasteiger partial charge in [0, 0.05) is 16.0 Å². The highest BCUT2D eigenvalue weighted by Gasteiger charge is 2.18. The Morgan fingerprint density at radius 2 is 1.76 bits per heavy atom. The molecule has 4 rings (SSSR count). The molecular weight excluding hydrogens is 354 g/mol. The van der Waals surface area contributed by atoms with Gasteiger partial charge < -0.3 is 0 Å². The molecular formula is C19H10ClN3OS. The maximum absolute atomic E-state index is 12.3. The van der Waals surface area contributed by atoms with Gasteiger partial charge in [0.15, 0.2) is 4.96 Å². The van der Waals surface area contributed by atoms with E-state index in [4.69, 9.17) is 11.6 Å². The number of hydrogen-bond donors (Lipinski definition) is 0. The van der Waals surface area contributed by atoms with Crippen molar-refractivity contribution >= 4 is 27.9 Å². The Labute approximate surface area is 152 Å². The molecule has 0 amide bonds. The molecule has 0 bridgehead atoms. The molecule has 4 aromatic rings. The molecule has 120 valence electrons. The van der Waals surface area contributed by atoms with Crippen LogP contribution in [-0.4, -0.2) is 9.38 Å². The predicted octanol–water partition coefficient (Wildman–Crippen LogP) is 4.62. The number of hydrogen-bond acceptors (Lipinski definition) is 4. The first kappa shape index (κ1) is 15.6. The summed E-state index contributed by atoms with van der Waals surface area (Å²) >= 11 is 7.35. The maximum atomic E-state index is 12.3. The molecule has 0 unspecified atom stereocenters. The lowest BCUT2D eigenvalue weighted by Crippen LogP contribution is -2.15. The van der Waals surface area contributed by atoms with Gasteiger partial charge in [-0.2, -0.15) is 10.2 Å². The van der Waals surface area contributed by atoms with Gasteiger partial charge in [-0.1, -0.05) is 54.1 Å². The van der Waals surface area contributed by atoms with E-state index in [1.165, 1.54) is 11.3 Å². The van der Waals surface area contributed by atoms with Crippen molar-refractivity contribution in [1.29, 1.82) is 5.26 Å². The van der Waals surface area contributed by atoms with Crippen molar-refractivity contribution in [3.8, 4) is 28.6 Å². The molecule has 6 heteroatoms. The number of thiazole rings is 1.